The number of methoxy groups -OCH3 is 1. The van der Waals surface area contributed by atoms with Gasteiger partial charge in [0.05, 0.1) is 0 Å². The van der Waals surface area contributed by atoms with Crippen LogP contribution in [0.2, 0.25) is 0 Å². The number of carbonyl (C=O) groups is 1. The third-order valence-electron chi connectivity index (χ3n) is 3.95. The molecule has 1 fully saturated rings. The monoisotopic (exact) mass is 290 g/mol. The van der Waals surface area contributed by atoms with Gasteiger partial charge in [0.15, 0.2) is 0 Å². The standard InChI is InChI=1S/C17H26N2O2/c1-13(2)9-15-10-18-16(14-7-5-4-6-8-14)11-19(15)17(20)12-21-3/h4-8,13,15-16,18H,9-12H2,1-3H3. The van der Waals surface area contributed by atoms with Crippen LogP contribution in [0, 0.1) is 5.92 Å². The van der Waals surface area contributed by atoms with Crippen LogP contribution < -0.4 is 5.32 Å². The minimum atomic E-state index is 0.0885. The average molecular weight is 290 g/mol. The van der Waals surface area contributed by atoms with Crippen LogP contribution in [0.15, 0.2) is 30.3 Å². The SMILES string of the molecule is COCC(=O)N1CC(c2ccccc2)NCC1CC(C)C. The zero-order valence-electron chi connectivity index (χ0n) is 13.2. The molecule has 116 valence electrons. The van der Waals surface area contributed by atoms with Crippen molar-refractivity contribution < 1.29 is 9.53 Å². The fraction of sp³-hybridized carbons (Fsp3) is 0.588. The minimum Gasteiger partial charge on any atom is -0.375 e. The Morgan fingerprint density at radius 1 is 1.38 bits per heavy atom. The Balaban J connectivity index is 2.10. The van der Waals surface area contributed by atoms with E-state index < -0.39 is 0 Å². The molecule has 1 heterocycles. The highest BCUT2D eigenvalue weighted by atomic mass is 16.5. The molecule has 0 saturated carbocycles. The number of benzene rings is 1. The Kier molecular flexibility index (Phi) is 5.76. The van der Waals surface area contributed by atoms with Gasteiger partial charge in [0.25, 0.3) is 0 Å². The van der Waals surface area contributed by atoms with Crippen molar-refractivity contribution in [3.8, 4) is 0 Å². The number of nitrogens with zero attached hydrogens (tertiary/aromatic N) is 1. The number of hydrogen-bond donors (Lipinski definition) is 1. The molecule has 4 nitrogen and oxygen atoms in total. The van der Waals surface area contributed by atoms with Gasteiger partial charge in [0.2, 0.25) is 5.91 Å². The number of nitrogens with one attached hydrogen (secondary N) is 1. The van der Waals surface area contributed by atoms with Crippen molar-refractivity contribution in [2.24, 2.45) is 5.92 Å². The number of ether oxygens (including phenoxy) is 1. The first-order valence-electron chi connectivity index (χ1n) is 7.68. The van der Waals surface area contributed by atoms with Gasteiger partial charge in [-0.1, -0.05) is 44.2 Å². The van der Waals surface area contributed by atoms with Crippen LogP contribution in [0.5, 0.6) is 0 Å². The Bertz CT molecular complexity index is 447. The molecule has 2 rings (SSSR count). The lowest BCUT2D eigenvalue weighted by atomic mass is 9.96. The predicted molar refractivity (Wildman–Crippen MR) is 84.0 cm³/mol. The molecule has 2 atom stereocenters. The minimum absolute atomic E-state index is 0.0885. The summed E-state index contributed by atoms with van der Waals surface area (Å²) in [5.74, 6) is 0.661. The molecule has 1 aliphatic rings. The Hall–Kier alpha value is -1.39. The number of piperazine rings is 1. The molecular weight excluding hydrogens is 264 g/mol. The zero-order chi connectivity index (χ0) is 15.2. The molecule has 1 aromatic rings. The van der Waals surface area contributed by atoms with E-state index in [0.29, 0.717) is 12.5 Å². The summed E-state index contributed by atoms with van der Waals surface area (Å²) in [5, 5.41) is 3.58. The van der Waals surface area contributed by atoms with Gasteiger partial charge in [-0.3, -0.25) is 4.79 Å². The fourth-order valence-corrected chi connectivity index (χ4v) is 2.97. The summed E-state index contributed by atoms with van der Waals surface area (Å²) < 4.78 is 5.04. The van der Waals surface area contributed by atoms with E-state index in [0.717, 1.165) is 13.0 Å². The molecular formula is C17H26N2O2. The number of amides is 1. The van der Waals surface area contributed by atoms with E-state index in [1.165, 1.54) is 5.56 Å². The van der Waals surface area contributed by atoms with Gasteiger partial charge < -0.3 is 15.0 Å². The van der Waals surface area contributed by atoms with Crippen molar-refractivity contribution in [3.63, 3.8) is 0 Å². The summed E-state index contributed by atoms with van der Waals surface area (Å²) in [5.41, 5.74) is 1.23. The maximum absolute atomic E-state index is 12.3. The second kappa shape index (κ2) is 7.57. The first-order valence-corrected chi connectivity index (χ1v) is 7.68. The van der Waals surface area contributed by atoms with Gasteiger partial charge in [-0.2, -0.15) is 0 Å². The molecule has 1 N–H and O–H groups in total. The molecule has 0 aromatic heterocycles. The number of hydrogen-bond acceptors (Lipinski definition) is 3. The van der Waals surface area contributed by atoms with E-state index in [9.17, 15) is 4.79 Å². The smallest absolute Gasteiger partial charge is 0.248 e. The normalized spacial score (nSPS) is 22.6. The first-order chi connectivity index (χ1) is 10.1. The van der Waals surface area contributed by atoms with Crippen molar-refractivity contribution in [1.29, 1.82) is 0 Å². The summed E-state index contributed by atoms with van der Waals surface area (Å²) in [6, 6.07) is 10.8. The molecule has 1 aliphatic heterocycles. The Morgan fingerprint density at radius 3 is 2.71 bits per heavy atom. The zero-order valence-corrected chi connectivity index (χ0v) is 13.2. The van der Waals surface area contributed by atoms with Crippen LogP contribution in [0.4, 0.5) is 0 Å². The first kappa shape index (κ1) is 16.0. The van der Waals surface area contributed by atoms with Crippen molar-refractivity contribution >= 4 is 5.91 Å². The maximum Gasteiger partial charge on any atom is 0.248 e. The van der Waals surface area contributed by atoms with Gasteiger partial charge >= 0.3 is 0 Å². The quantitative estimate of drug-likeness (QED) is 0.904. The van der Waals surface area contributed by atoms with Crippen LogP contribution in [-0.4, -0.2) is 43.7 Å². The van der Waals surface area contributed by atoms with E-state index in [-0.39, 0.29) is 24.6 Å². The maximum atomic E-state index is 12.3. The topological polar surface area (TPSA) is 41.6 Å². The largest absolute Gasteiger partial charge is 0.375 e. The lowest BCUT2D eigenvalue weighted by molar-refractivity contribution is -0.139. The van der Waals surface area contributed by atoms with Crippen molar-refractivity contribution in [3.05, 3.63) is 35.9 Å². The summed E-state index contributed by atoms with van der Waals surface area (Å²) in [4.78, 5) is 14.3. The highest BCUT2D eigenvalue weighted by molar-refractivity contribution is 5.78. The third-order valence-corrected chi connectivity index (χ3v) is 3.95. The highest BCUT2D eigenvalue weighted by Crippen LogP contribution is 2.23. The second-order valence-corrected chi connectivity index (χ2v) is 6.13. The van der Waals surface area contributed by atoms with E-state index in [4.69, 9.17) is 4.74 Å². The molecule has 1 saturated heterocycles. The van der Waals surface area contributed by atoms with E-state index >= 15 is 0 Å². The summed E-state index contributed by atoms with van der Waals surface area (Å²) in [6.07, 6.45) is 1.02. The fourth-order valence-electron chi connectivity index (χ4n) is 2.97. The molecule has 1 aromatic carbocycles. The van der Waals surface area contributed by atoms with Crippen LogP contribution >= 0.6 is 0 Å². The molecule has 4 heteroatoms. The predicted octanol–water partition coefficient (Wildman–Crippen LogP) is 2.22. The summed E-state index contributed by atoms with van der Waals surface area (Å²) in [7, 11) is 1.58. The Morgan fingerprint density at radius 2 is 2.10 bits per heavy atom. The molecule has 0 spiro atoms. The van der Waals surface area contributed by atoms with Crippen molar-refractivity contribution in [1.82, 2.24) is 10.2 Å². The lowest BCUT2D eigenvalue weighted by Gasteiger charge is -2.41. The lowest BCUT2D eigenvalue weighted by Crippen LogP contribution is -2.56. The highest BCUT2D eigenvalue weighted by Gasteiger charge is 2.31. The molecule has 0 aliphatic carbocycles. The molecule has 2 unspecified atom stereocenters. The van der Waals surface area contributed by atoms with E-state index in [2.05, 4.69) is 31.3 Å². The summed E-state index contributed by atoms with van der Waals surface area (Å²) >= 11 is 0. The van der Waals surface area contributed by atoms with Gasteiger partial charge in [-0.05, 0) is 17.9 Å². The molecule has 0 bridgehead atoms. The molecule has 1 amide bonds. The molecule has 21 heavy (non-hydrogen) atoms. The van der Waals surface area contributed by atoms with Crippen molar-refractivity contribution in [2.45, 2.75) is 32.4 Å². The average Bonchev–Trinajstić information content (AvgIpc) is 2.48. The number of carbonyl (C=O) groups excluding carboxylic acids is 1. The molecule has 0 radical (unpaired) electrons. The van der Waals surface area contributed by atoms with Crippen molar-refractivity contribution in [2.75, 3.05) is 26.8 Å². The van der Waals surface area contributed by atoms with Gasteiger partial charge in [-0.15, -0.1) is 0 Å². The number of rotatable bonds is 5. The van der Waals surface area contributed by atoms with E-state index in [1.807, 2.05) is 23.1 Å². The second-order valence-electron chi connectivity index (χ2n) is 6.13. The third kappa shape index (κ3) is 4.29. The van der Waals surface area contributed by atoms with Gasteiger partial charge in [0, 0.05) is 32.3 Å². The summed E-state index contributed by atoms with van der Waals surface area (Å²) in [6.45, 7) is 6.11. The van der Waals surface area contributed by atoms with Gasteiger partial charge in [-0.25, -0.2) is 0 Å². The van der Waals surface area contributed by atoms with E-state index in [1.54, 1.807) is 7.11 Å². The Labute approximate surface area is 127 Å². The van der Waals surface area contributed by atoms with Crippen LogP contribution in [0.3, 0.4) is 0 Å². The van der Waals surface area contributed by atoms with Crippen LogP contribution in [0.25, 0.3) is 0 Å². The van der Waals surface area contributed by atoms with Crippen LogP contribution in [0.1, 0.15) is 31.9 Å². The van der Waals surface area contributed by atoms with Gasteiger partial charge in [0.1, 0.15) is 6.61 Å². The van der Waals surface area contributed by atoms with Crippen LogP contribution in [-0.2, 0) is 9.53 Å².